The van der Waals surface area contributed by atoms with Gasteiger partial charge in [0.1, 0.15) is 0 Å². The molecule has 1 saturated carbocycles. The molecule has 0 heterocycles. The third kappa shape index (κ3) is 5.28. The number of rotatable bonds is 6. The van der Waals surface area contributed by atoms with E-state index in [1.54, 1.807) is 7.11 Å². The average Bonchev–Trinajstić information content (AvgIpc) is 2.26. The first-order valence-corrected chi connectivity index (χ1v) is 6.72. The zero-order valence-electron chi connectivity index (χ0n) is 10.8. The molecule has 96 valence electrons. The topological polar surface area (TPSA) is 30.5 Å². The molecule has 0 bridgehead atoms. The summed E-state index contributed by atoms with van der Waals surface area (Å²) in [6, 6.07) is 0.544. The fourth-order valence-electron chi connectivity index (χ4n) is 2.43. The van der Waals surface area contributed by atoms with Crippen LogP contribution < -0.4 is 5.32 Å². The Bertz CT molecular complexity index is 164. The molecule has 0 aromatic heterocycles. The summed E-state index contributed by atoms with van der Waals surface area (Å²) >= 11 is 0. The normalized spacial score (nSPS) is 27.4. The number of hydrogen-bond donors (Lipinski definition) is 1. The molecule has 1 rings (SSSR count). The Labute approximate surface area is 99.9 Å². The van der Waals surface area contributed by atoms with E-state index in [-0.39, 0.29) is 0 Å². The van der Waals surface area contributed by atoms with Gasteiger partial charge in [-0.25, -0.2) is 0 Å². The number of hydrogen-bond acceptors (Lipinski definition) is 3. The number of ether oxygens (including phenoxy) is 2. The van der Waals surface area contributed by atoms with Gasteiger partial charge in [-0.15, -0.1) is 0 Å². The monoisotopic (exact) mass is 229 g/mol. The molecule has 16 heavy (non-hydrogen) atoms. The van der Waals surface area contributed by atoms with Crippen LogP contribution in [0.4, 0.5) is 0 Å². The van der Waals surface area contributed by atoms with Crippen molar-refractivity contribution in [2.24, 2.45) is 0 Å². The molecule has 0 aliphatic heterocycles. The van der Waals surface area contributed by atoms with Gasteiger partial charge >= 0.3 is 0 Å². The van der Waals surface area contributed by atoms with E-state index >= 15 is 0 Å². The molecule has 3 nitrogen and oxygen atoms in total. The van der Waals surface area contributed by atoms with Gasteiger partial charge in [-0.05, 0) is 19.4 Å². The van der Waals surface area contributed by atoms with Gasteiger partial charge in [0.05, 0.1) is 19.3 Å². The van der Waals surface area contributed by atoms with E-state index in [1.165, 1.54) is 38.5 Å². The lowest BCUT2D eigenvalue weighted by Crippen LogP contribution is -2.42. The second-order valence-electron chi connectivity index (χ2n) is 4.56. The average molecular weight is 229 g/mol. The van der Waals surface area contributed by atoms with E-state index in [0.717, 1.165) is 13.2 Å². The molecule has 0 saturated heterocycles. The molecule has 0 aromatic carbocycles. The molecule has 0 amide bonds. The van der Waals surface area contributed by atoms with Crippen LogP contribution in [0.2, 0.25) is 0 Å². The van der Waals surface area contributed by atoms with Crippen molar-refractivity contribution in [3.8, 4) is 0 Å². The van der Waals surface area contributed by atoms with Gasteiger partial charge < -0.3 is 14.8 Å². The van der Waals surface area contributed by atoms with E-state index in [2.05, 4.69) is 12.2 Å². The molecular weight excluding hydrogens is 202 g/mol. The molecule has 0 radical (unpaired) electrons. The van der Waals surface area contributed by atoms with Crippen LogP contribution in [0.15, 0.2) is 0 Å². The van der Waals surface area contributed by atoms with Crippen molar-refractivity contribution in [1.29, 1.82) is 0 Å². The van der Waals surface area contributed by atoms with E-state index < -0.39 is 0 Å². The van der Waals surface area contributed by atoms with Crippen LogP contribution in [0.25, 0.3) is 0 Å². The lowest BCUT2D eigenvalue weighted by Gasteiger charge is -2.30. The summed E-state index contributed by atoms with van der Waals surface area (Å²) in [6.45, 7) is 4.64. The standard InChI is InChI=1S/C13H27NO2/c1-3-14-12-8-6-4-5-7-9-13(12)16-11-10-15-2/h12-14H,3-11H2,1-2H3. The van der Waals surface area contributed by atoms with Crippen molar-refractivity contribution in [2.75, 3.05) is 26.9 Å². The fraction of sp³-hybridized carbons (Fsp3) is 1.00. The number of methoxy groups -OCH3 is 1. The molecular formula is C13H27NO2. The van der Waals surface area contributed by atoms with Crippen LogP contribution in [0.5, 0.6) is 0 Å². The largest absolute Gasteiger partial charge is 0.382 e. The van der Waals surface area contributed by atoms with Crippen LogP contribution in [0.1, 0.15) is 45.4 Å². The summed E-state index contributed by atoms with van der Waals surface area (Å²) in [5.74, 6) is 0. The van der Waals surface area contributed by atoms with E-state index in [1.807, 2.05) is 0 Å². The van der Waals surface area contributed by atoms with Crippen molar-refractivity contribution in [2.45, 2.75) is 57.6 Å². The number of likely N-dealkylation sites (N-methyl/N-ethyl adjacent to an activating group) is 1. The van der Waals surface area contributed by atoms with Crippen molar-refractivity contribution in [1.82, 2.24) is 5.32 Å². The van der Waals surface area contributed by atoms with Crippen LogP contribution in [-0.4, -0.2) is 39.0 Å². The third-order valence-electron chi connectivity index (χ3n) is 3.29. The van der Waals surface area contributed by atoms with Gasteiger partial charge in [0.2, 0.25) is 0 Å². The third-order valence-corrected chi connectivity index (χ3v) is 3.29. The first-order chi connectivity index (χ1) is 7.88. The van der Waals surface area contributed by atoms with Crippen LogP contribution >= 0.6 is 0 Å². The Hall–Kier alpha value is -0.120. The first-order valence-electron chi connectivity index (χ1n) is 6.72. The molecule has 0 spiro atoms. The maximum absolute atomic E-state index is 5.94. The van der Waals surface area contributed by atoms with E-state index in [9.17, 15) is 0 Å². The predicted molar refractivity (Wildman–Crippen MR) is 66.8 cm³/mol. The van der Waals surface area contributed by atoms with E-state index in [4.69, 9.17) is 9.47 Å². The Kier molecular flexibility index (Phi) is 7.81. The summed E-state index contributed by atoms with van der Waals surface area (Å²) in [5.41, 5.74) is 0. The molecule has 3 heteroatoms. The summed E-state index contributed by atoms with van der Waals surface area (Å²) in [6.07, 6.45) is 8.22. The first kappa shape index (κ1) is 13.9. The highest BCUT2D eigenvalue weighted by Crippen LogP contribution is 2.20. The van der Waals surface area contributed by atoms with Crippen LogP contribution in [-0.2, 0) is 9.47 Å². The second-order valence-corrected chi connectivity index (χ2v) is 4.56. The van der Waals surface area contributed by atoms with Gasteiger partial charge in [0, 0.05) is 13.2 Å². The second kappa shape index (κ2) is 8.97. The maximum atomic E-state index is 5.94. The van der Waals surface area contributed by atoms with Crippen LogP contribution in [0, 0.1) is 0 Å². The number of nitrogens with one attached hydrogen (secondary N) is 1. The summed E-state index contributed by atoms with van der Waals surface area (Å²) in [5, 5.41) is 3.56. The van der Waals surface area contributed by atoms with Crippen molar-refractivity contribution >= 4 is 0 Å². The minimum absolute atomic E-state index is 0.385. The van der Waals surface area contributed by atoms with Crippen molar-refractivity contribution in [3.05, 3.63) is 0 Å². The Morgan fingerprint density at radius 1 is 1.06 bits per heavy atom. The highest BCUT2D eigenvalue weighted by Gasteiger charge is 2.22. The molecule has 1 N–H and O–H groups in total. The summed E-state index contributed by atoms with van der Waals surface area (Å²) < 4.78 is 11.0. The predicted octanol–water partition coefficient (Wildman–Crippen LogP) is 2.35. The smallest absolute Gasteiger partial charge is 0.0729 e. The van der Waals surface area contributed by atoms with Crippen LogP contribution in [0.3, 0.4) is 0 Å². The SMILES string of the molecule is CCNC1CCCCCCC1OCCOC. The summed E-state index contributed by atoms with van der Waals surface area (Å²) in [4.78, 5) is 0. The Balaban J connectivity index is 2.36. The minimum Gasteiger partial charge on any atom is -0.382 e. The fourth-order valence-corrected chi connectivity index (χ4v) is 2.43. The van der Waals surface area contributed by atoms with Gasteiger partial charge in [0.15, 0.2) is 0 Å². The molecule has 1 fully saturated rings. The molecule has 2 unspecified atom stereocenters. The Morgan fingerprint density at radius 3 is 2.50 bits per heavy atom. The zero-order valence-corrected chi connectivity index (χ0v) is 10.8. The Morgan fingerprint density at radius 2 is 1.81 bits per heavy atom. The molecule has 1 aliphatic rings. The lowest BCUT2D eigenvalue weighted by atomic mass is 9.94. The van der Waals surface area contributed by atoms with Gasteiger partial charge in [-0.3, -0.25) is 0 Å². The van der Waals surface area contributed by atoms with Gasteiger partial charge in [-0.2, -0.15) is 0 Å². The molecule has 0 aromatic rings. The van der Waals surface area contributed by atoms with Crippen molar-refractivity contribution < 1.29 is 9.47 Å². The lowest BCUT2D eigenvalue weighted by molar-refractivity contribution is -0.0111. The highest BCUT2D eigenvalue weighted by atomic mass is 16.5. The minimum atomic E-state index is 0.385. The molecule has 1 aliphatic carbocycles. The highest BCUT2D eigenvalue weighted by molar-refractivity contribution is 4.79. The maximum Gasteiger partial charge on any atom is 0.0729 e. The van der Waals surface area contributed by atoms with Gasteiger partial charge in [-0.1, -0.05) is 32.6 Å². The molecule has 2 atom stereocenters. The van der Waals surface area contributed by atoms with E-state index in [0.29, 0.717) is 18.8 Å². The quantitative estimate of drug-likeness (QED) is 0.709. The van der Waals surface area contributed by atoms with Gasteiger partial charge in [0.25, 0.3) is 0 Å². The van der Waals surface area contributed by atoms with Crippen molar-refractivity contribution in [3.63, 3.8) is 0 Å². The summed E-state index contributed by atoms with van der Waals surface area (Å²) in [7, 11) is 1.73. The zero-order chi connectivity index (χ0) is 11.6.